The van der Waals surface area contributed by atoms with Crippen LogP contribution in [0.5, 0.6) is 5.75 Å². The number of fused-ring (bicyclic) bond motifs is 1. The molecular weight excluding hydrogens is 379 g/mol. The van der Waals surface area contributed by atoms with E-state index in [2.05, 4.69) is 40.9 Å². The van der Waals surface area contributed by atoms with E-state index in [1.807, 2.05) is 30.3 Å². The largest absolute Gasteiger partial charge is 0.482 e. The van der Waals surface area contributed by atoms with Crippen LogP contribution in [0.4, 0.5) is 5.69 Å². The lowest BCUT2D eigenvalue weighted by Gasteiger charge is -2.21. The third-order valence-corrected chi connectivity index (χ3v) is 5.03. The molecule has 0 saturated carbocycles. The molecule has 0 saturated heterocycles. The molecule has 4 nitrogen and oxygen atoms in total. The number of hydrogen-bond donors (Lipinski definition) is 2. The molecule has 0 aliphatic carbocycles. The van der Waals surface area contributed by atoms with Crippen molar-refractivity contribution in [2.75, 3.05) is 11.9 Å². The minimum Gasteiger partial charge on any atom is -0.482 e. The van der Waals surface area contributed by atoms with E-state index in [-0.39, 0.29) is 18.6 Å². The molecule has 1 heterocycles. The zero-order chi connectivity index (χ0) is 15.0. The molecule has 0 aromatic heterocycles. The summed E-state index contributed by atoms with van der Waals surface area (Å²) in [6, 6.07) is 11.6. The fraction of sp³-hybridized carbons (Fsp3) is 0.188. The number of aryl methyl sites for hydroxylation is 1. The first-order chi connectivity index (χ1) is 10.1. The number of hydrogen-bond acceptors (Lipinski definition) is 3. The van der Waals surface area contributed by atoms with Crippen LogP contribution in [0.15, 0.2) is 36.4 Å². The standard InChI is InChI=1S/C16H15IN2O2/c1-9-3-2-4-11(15(9)17)16(18)10-5-6-13-12(7-10)19-14(20)8-21-13/h2-7,16H,8,18H2,1H3,(H,19,20). The summed E-state index contributed by atoms with van der Waals surface area (Å²) < 4.78 is 6.53. The van der Waals surface area contributed by atoms with E-state index in [0.29, 0.717) is 11.4 Å². The Balaban J connectivity index is 1.98. The Morgan fingerprint density at radius 3 is 2.95 bits per heavy atom. The predicted molar refractivity (Wildman–Crippen MR) is 90.5 cm³/mol. The number of carbonyl (C=O) groups is 1. The average Bonchev–Trinajstić information content (AvgIpc) is 2.48. The van der Waals surface area contributed by atoms with Crippen molar-refractivity contribution in [2.45, 2.75) is 13.0 Å². The molecule has 0 bridgehead atoms. The number of amides is 1. The molecule has 1 unspecified atom stereocenters. The van der Waals surface area contributed by atoms with E-state index in [9.17, 15) is 4.79 Å². The Kier molecular flexibility index (Phi) is 3.86. The van der Waals surface area contributed by atoms with Gasteiger partial charge in [-0.05, 0) is 58.3 Å². The molecule has 1 atom stereocenters. The van der Waals surface area contributed by atoms with E-state index in [4.69, 9.17) is 10.5 Å². The minimum atomic E-state index is -0.235. The Morgan fingerprint density at radius 2 is 2.14 bits per heavy atom. The van der Waals surface area contributed by atoms with E-state index < -0.39 is 0 Å². The van der Waals surface area contributed by atoms with Gasteiger partial charge in [-0.1, -0.05) is 24.3 Å². The predicted octanol–water partition coefficient (Wildman–Crippen LogP) is 2.98. The summed E-state index contributed by atoms with van der Waals surface area (Å²) in [6.07, 6.45) is 0. The number of nitrogens with one attached hydrogen (secondary N) is 1. The van der Waals surface area contributed by atoms with Gasteiger partial charge in [0.2, 0.25) is 0 Å². The smallest absolute Gasteiger partial charge is 0.262 e. The Labute approximate surface area is 136 Å². The molecule has 0 fully saturated rings. The van der Waals surface area contributed by atoms with Gasteiger partial charge in [-0.2, -0.15) is 0 Å². The van der Waals surface area contributed by atoms with Crippen LogP contribution in [0.1, 0.15) is 22.7 Å². The van der Waals surface area contributed by atoms with Crippen molar-refractivity contribution < 1.29 is 9.53 Å². The molecule has 0 spiro atoms. The lowest BCUT2D eigenvalue weighted by atomic mass is 9.97. The van der Waals surface area contributed by atoms with Crippen molar-refractivity contribution in [3.63, 3.8) is 0 Å². The number of carbonyl (C=O) groups excluding carboxylic acids is 1. The zero-order valence-corrected chi connectivity index (χ0v) is 13.7. The maximum atomic E-state index is 11.4. The van der Waals surface area contributed by atoms with Crippen LogP contribution in [-0.2, 0) is 4.79 Å². The van der Waals surface area contributed by atoms with Gasteiger partial charge in [0.25, 0.3) is 5.91 Å². The second-order valence-corrected chi connectivity index (χ2v) is 6.13. The summed E-state index contributed by atoms with van der Waals surface area (Å²) >= 11 is 2.32. The molecule has 2 aromatic carbocycles. The van der Waals surface area contributed by atoms with E-state index >= 15 is 0 Å². The molecule has 5 heteroatoms. The first kappa shape index (κ1) is 14.3. The highest BCUT2D eigenvalue weighted by atomic mass is 127. The number of anilines is 1. The van der Waals surface area contributed by atoms with Crippen molar-refractivity contribution in [3.05, 3.63) is 56.7 Å². The number of halogens is 1. The van der Waals surface area contributed by atoms with Crippen molar-refractivity contribution >= 4 is 34.2 Å². The third kappa shape index (κ3) is 2.75. The maximum absolute atomic E-state index is 11.4. The summed E-state index contributed by atoms with van der Waals surface area (Å²) in [5.41, 5.74) is 10.3. The van der Waals surface area contributed by atoms with Crippen LogP contribution >= 0.6 is 22.6 Å². The second kappa shape index (κ2) is 5.65. The van der Waals surface area contributed by atoms with E-state index in [1.165, 1.54) is 9.13 Å². The third-order valence-electron chi connectivity index (χ3n) is 3.55. The summed E-state index contributed by atoms with van der Waals surface area (Å²) in [5.74, 6) is 0.544. The second-order valence-electron chi connectivity index (χ2n) is 5.05. The molecule has 2 aromatic rings. The first-order valence-electron chi connectivity index (χ1n) is 6.63. The Bertz CT molecular complexity index is 715. The van der Waals surface area contributed by atoms with Crippen LogP contribution in [0.3, 0.4) is 0 Å². The molecule has 1 aliphatic rings. The fourth-order valence-electron chi connectivity index (χ4n) is 2.38. The molecule has 108 valence electrons. The van der Waals surface area contributed by atoms with Gasteiger partial charge in [0.15, 0.2) is 6.61 Å². The topological polar surface area (TPSA) is 64.3 Å². The number of rotatable bonds is 2. The first-order valence-corrected chi connectivity index (χ1v) is 7.71. The van der Waals surface area contributed by atoms with E-state index in [1.54, 1.807) is 0 Å². The summed E-state index contributed by atoms with van der Waals surface area (Å²) in [6.45, 7) is 2.13. The molecule has 3 N–H and O–H groups in total. The number of nitrogens with two attached hydrogens (primary N) is 1. The summed E-state index contributed by atoms with van der Waals surface area (Å²) in [4.78, 5) is 11.4. The normalized spacial score (nSPS) is 14.9. The Hall–Kier alpha value is -1.60. The zero-order valence-electron chi connectivity index (χ0n) is 11.5. The lowest BCUT2D eigenvalue weighted by Crippen LogP contribution is -2.25. The number of ether oxygens (including phenoxy) is 1. The Morgan fingerprint density at radius 1 is 1.33 bits per heavy atom. The molecule has 1 amide bonds. The SMILES string of the molecule is Cc1cccc(C(N)c2ccc3c(c2)NC(=O)CO3)c1I. The van der Waals surface area contributed by atoms with Gasteiger partial charge in [0.1, 0.15) is 5.75 Å². The lowest BCUT2D eigenvalue weighted by molar-refractivity contribution is -0.118. The molecule has 0 radical (unpaired) electrons. The molecule has 21 heavy (non-hydrogen) atoms. The quantitative estimate of drug-likeness (QED) is 0.770. The van der Waals surface area contributed by atoms with Crippen LogP contribution in [0.2, 0.25) is 0 Å². The monoisotopic (exact) mass is 394 g/mol. The van der Waals surface area contributed by atoms with Gasteiger partial charge in [-0.15, -0.1) is 0 Å². The molecular formula is C16H15IN2O2. The summed E-state index contributed by atoms with van der Waals surface area (Å²) in [7, 11) is 0. The van der Waals surface area contributed by atoms with Crippen molar-refractivity contribution in [1.82, 2.24) is 0 Å². The highest BCUT2D eigenvalue weighted by Crippen LogP contribution is 2.33. The maximum Gasteiger partial charge on any atom is 0.262 e. The van der Waals surface area contributed by atoms with Crippen molar-refractivity contribution in [2.24, 2.45) is 5.73 Å². The van der Waals surface area contributed by atoms with Crippen LogP contribution in [0, 0.1) is 10.5 Å². The fourth-order valence-corrected chi connectivity index (χ4v) is 3.08. The van der Waals surface area contributed by atoms with Gasteiger partial charge < -0.3 is 15.8 Å². The van der Waals surface area contributed by atoms with Crippen LogP contribution < -0.4 is 15.8 Å². The van der Waals surface area contributed by atoms with Gasteiger partial charge in [-0.3, -0.25) is 4.79 Å². The summed E-state index contributed by atoms with van der Waals surface area (Å²) in [5, 5.41) is 2.81. The minimum absolute atomic E-state index is 0.0637. The molecule has 3 rings (SSSR count). The van der Waals surface area contributed by atoms with Crippen LogP contribution in [0.25, 0.3) is 0 Å². The van der Waals surface area contributed by atoms with Crippen LogP contribution in [-0.4, -0.2) is 12.5 Å². The van der Waals surface area contributed by atoms with Gasteiger partial charge in [0.05, 0.1) is 11.7 Å². The highest BCUT2D eigenvalue weighted by molar-refractivity contribution is 14.1. The molecule has 1 aliphatic heterocycles. The number of benzene rings is 2. The average molecular weight is 394 g/mol. The van der Waals surface area contributed by atoms with E-state index in [0.717, 1.165) is 11.1 Å². The van der Waals surface area contributed by atoms with Gasteiger partial charge >= 0.3 is 0 Å². The van der Waals surface area contributed by atoms with Crippen molar-refractivity contribution in [3.8, 4) is 5.75 Å². The highest BCUT2D eigenvalue weighted by Gasteiger charge is 2.19. The van der Waals surface area contributed by atoms with Gasteiger partial charge in [0, 0.05) is 3.57 Å². The van der Waals surface area contributed by atoms with Crippen molar-refractivity contribution in [1.29, 1.82) is 0 Å². The van der Waals surface area contributed by atoms with Gasteiger partial charge in [-0.25, -0.2) is 0 Å².